The van der Waals surface area contributed by atoms with Crippen LogP contribution in [-0.2, 0) is 6.54 Å². The van der Waals surface area contributed by atoms with E-state index < -0.39 is 0 Å². The van der Waals surface area contributed by atoms with Gasteiger partial charge in [0.15, 0.2) is 0 Å². The number of thiophene rings is 1. The lowest BCUT2D eigenvalue weighted by Gasteiger charge is -2.04. The number of amides is 1. The monoisotopic (exact) mass is 275 g/mol. The number of nitrogens with one attached hydrogen (secondary N) is 2. The average Bonchev–Trinajstić information content (AvgIpc) is 2.75. The van der Waals surface area contributed by atoms with Crippen LogP contribution in [0, 0.1) is 13.8 Å². The molecule has 2 heterocycles. The lowest BCUT2D eigenvalue weighted by Crippen LogP contribution is -2.22. The molecule has 0 aromatic carbocycles. The first-order valence-electron chi connectivity index (χ1n) is 6.08. The third-order valence-corrected chi connectivity index (χ3v) is 4.07. The molecule has 2 N–H and O–H groups in total. The van der Waals surface area contributed by atoms with Crippen LogP contribution >= 0.6 is 11.3 Å². The van der Waals surface area contributed by atoms with Crippen LogP contribution < -0.4 is 10.6 Å². The van der Waals surface area contributed by atoms with Gasteiger partial charge in [-0.15, -0.1) is 11.3 Å². The van der Waals surface area contributed by atoms with Crippen LogP contribution in [0.4, 0.5) is 5.82 Å². The van der Waals surface area contributed by atoms with Gasteiger partial charge in [-0.1, -0.05) is 0 Å². The van der Waals surface area contributed by atoms with E-state index >= 15 is 0 Å². The summed E-state index contributed by atoms with van der Waals surface area (Å²) in [6, 6.07) is 5.66. The number of carbonyl (C=O) groups is 1. The lowest BCUT2D eigenvalue weighted by molar-refractivity contribution is 0.0951. The van der Waals surface area contributed by atoms with Crippen molar-refractivity contribution in [3.63, 3.8) is 0 Å². The minimum absolute atomic E-state index is 0.0983. The van der Waals surface area contributed by atoms with E-state index in [9.17, 15) is 4.79 Å². The van der Waals surface area contributed by atoms with Crippen LogP contribution in [0.1, 0.15) is 25.7 Å². The second-order valence-corrected chi connectivity index (χ2v) is 5.66. The van der Waals surface area contributed by atoms with Gasteiger partial charge in [-0.3, -0.25) is 4.79 Å². The highest BCUT2D eigenvalue weighted by Crippen LogP contribution is 2.20. The first-order valence-corrected chi connectivity index (χ1v) is 6.89. The smallest absolute Gasteiger partial charge is 0.253 e. The average molecular weight is 275 g/mol. The van der Waals surface area contributed by atoms with Crippen molar-refractivity contribution in [2.24, 2.45) is 0 Å². The summed E-state index contributed by atoms with van der Waals surface area (Å²) in [5.74, 6) is 0.653. The Morgan fingerprint density at radius 1 is 1.37 bits per heavy atom. The molecule has 2 aromatic rings. The number of aromatic nitrogens is 1. The van der Waals surface area contributed by atoms with E-state index in [2.05, 4.69) is 35.5 Å². The number of anilines is 1. The van der Waals surface area contributed by atoms with Crippen LogP contribution in [0.25, 0.3) is 0 Å². The number of aryl methyl sites for hydroxylation is 2. The Labute approximate surface area is 116 Å². The normalized spacial score (nSPS) is 10.3. The molecule has 0 aliphatic rings. The van der Waals surface area contributed by atoms with Crippen molar-refractivity contribution in [3.8, 4) is 0 Å². The summed E-state index contributed by atoms with van der Waals surface area (Å²) in [5.41, 5.74) is 1.85. The number of hydrogen-bond donors (Lipinski definition) is 2. The summed E-state index contributed by atoms with van der Waals surface area (Å²) in [4.78, 5) is 18.5. The second-order valence-electron chi connectivity index (χ2n) is 4.32. The maximum atomic E-state index is 11.9. The van der Waals surface area contributed by atoms with Crippen molar-refractivity contribution in [2.75, 3.05) is 12.4 Å². The van der Waals surface area contributed by atoms with Crippen LogP contribution in [0.5, 0.6) is 0 Å². The number of pyridine rings is 1. The molecule has 19 heavy (non-hydrogen) atoms. The maximum Gasteiger partial charge on any atom is 0.253 e. The maximum absolute atomic E-state index is 11.9. The van der Waals surface area contributed by atoms with Gasteiger partial charge in [0.2, 0.25) is 0 Å². The fourth-order valence-electron chi connectivity index (χ4n) is 1.68. The lowest BCUT2D eigenvalue weighted by atomic mass is 10.2. The third-order valence-electron chi connectivity index (χ3n) is 2.92. The van der Waals surface area contributed by atoms with E-state index in [0.717, 1.165) is 5.82 Å². The molecule has 2 rings (SSSR count). The first kappa shape index (κ1) is 13.5. The molecule has 100 valence electrons. The van der Waals surface area contributed by atoms with Crippen LogP contribution in [-0.4, -0.2) is 17.9 Å². The van der Waals surface area contributed by atoms with E-state index in [-0.39, 0.29) is 5.91 Å². The zero-order valence-corrected chi connectivity index (χ0v) is 12.1. The van der Waals surface area contributed by atoms with Crippen molar-refractivity contribution in [1.82, 2.24) is 10.3 Å². The number of rotatable bonds is 4. The fourth-order valence-corrected chi connectivity index (χ4v) is 2.68. The van der Waals surface area contributed by atoms with E-state index in [1.165, 1.54) is 15.3 Å². The van der Waals surface area contributed by atoms with Gasteiger partial charge in [0.1, 0.15) is 5.82 Å². The Bertz CT molecular complexity index is 555. The molecule has 0 spiro atoms. The Hall–Kier alpha value is -1.88. The van der Waals surface area contributed by atoms with Gasteiger partial charge in [0.05, 0.1) is 12.1 Å². The SMILES string of the molecule is CNc1ccc(C(=O)NCc2cc(C)c(C)s2)cn1. The quantitative estimate of drug-likeness (QED) is 0.902. The highest BCUT2D eigenvalue weighted by molar-refractivity contribution is 7.12. The third kappa shape index (κ3) is 3.32. The molecule has 0 atom stereocenters. The zero-order chi connectivity index (χ0) is 13.8. The molecule has 0 aliphatic carbocycles. The second kappa shape index (κ2) is 5.84. The molecule has 2 aromatic heterocycles. The zero-order valence-electron chi connectivity index (χ0n) is 11.3. The molecule has 1 amide bonds. The molecule has 0 aliphatic heterocycles. The Morgan fingerprint density at radius 3 is 2.68 bits per heavy atom. The predicted molar refractivity (Wildman–Crippen MR) is 78.7 cm³/mol. The molecule has 0 radical (unpaired) electrons. The van der Waals surface area contributed by atoms with Crippen molar-refractivity contribution in [2.45, 2.75) is 20.4 Å². The molecule has 0 saturated heterocycles. The molecule has 0 saturated carbocycles. The minimum atomic E-state index is -0.0983. The predicted octanol–water partition coefficient (Wildman–Crippen LogP) is 2.73. The van der Waals surface area contributed by atoms with Crippen molar-refractivity contribution in [1.29, 1.82) is 0 Å². The Morgan fingerprint density at radius 2 is 2.16 bits per heavy atom. The van der Waals surface area contributed by atoms with E-state index in [1.807, 2.05) is 0 Å². The first-order chi connectivity index (χ1) is 9.10. The Balaban J connectivity index is 1.96. The standard InChI is InChI=1S/C14H17N3OS/c1-9-6-12(19-10(9)2)8-17-14(18)11-4-5-13(15-3)16-7-11/h4-7H,8H2,1-3H3,(H,15,16)(H,17,18). The summed E-state index contributed by atoms with van der Waals surface area (Å²) in [6.07, 6.45) is 1.58. The number of hydrogen-bond acceptors (Lipinski definition) is 4. The van der Waals surface area contributed by atoms with Crippen molar-refractivity contribution >= 4 is 23.1 Å². The van der Waals surface area contributed by atoms with Crippen molar-refractivity contribution < 1.29 is 4.79 Å². The highest BCUT2D eigenvalue weighted by atomic mass is 32.1. The summed E-state index contributed by atoms with van der Waals surface area (Å²) < 4.78 is 0. The molecule has 0 bridgehead atoms. The van der Waals surface area contributed by atoms with Gasteiger partial charge in [-0.2, -0.15) is 0 Å². The van der Waals surface area contributed by atoms with Crippen molar-refractivity contribution in [3.05, 3.63) is 45.3 Å². The van der Waals surface area contributed by atoms with E-state index in [1.54, 1.807) is 36.7 Å². The number of carbonyl (C=O) groups excluding carboxylic acids is 1. The molecule has 4 nitrogen and oxygen atoms in total. The van der Waals surface area contributed by atoms with Gasteiger partial charge in [-0.25, -0.2) is 4.98 Å². The van der Waals surface area contributed by atoms with Gasteiger partial charge in [0.25, 0.3) is 5.91 Å². The minimum Gasteiger partial charge on any atom is -0.373 e. The highest BCUT2D eigenvalue weighted by Gasteiger charge is 2.07. The molecule has 5 heteroatoms. The molecular formula is C14H17N3OS. The largest absolute Gasteiger partial charge is 0.373 e. The molecule has 0 unspecified atom stereocenters. The number of nitrogens with zero attached hydrogens (tertiary/aromatic N) is 1. The van der Waals surface area contributed by atoms with Gasteiger partial charge < -0.3 is 10.6 Å². The summed E-state index contributed by atoms with van der Waals surface area (Å²) in [5, 5.41) is 5.82. The fraction of sp³-hybridized carbons (Fsp3) is 0.286. The topological polar surface area (TPSA) is 54.0 Å². The molecule has 0 fully saturated rings. The van der Waals surface area contributed by atoms with Gasteiger partial charge in [0, 0.05) is 23.0 Å². The van der Waals surface area contributed by atoms with Crippen LogP contribution in [0.15, 0.2) is 24.4 Å². The summed E-state index contributed by atoms with van der Waals surface area (Å²) >= 11 is 1.72. The van der Waals surface area contributed by atoms with Crippen LogP contribution in [0.2, 0.25) is 0 Å². The van der Waals surface area contributed by atoms with Gasteiger partial charge >= 0.3 is 0 Å². The summed E-state index contributed by atoms with van der Waals surface area (Å²) in [7, 11) is 1.80. The van der Waals surface area contributed by atoms with Gasteiger partial charge in [-0.05, 0) is 37.6 Å². The van der Waals surface area contributed by atoms with E-state index in [4.69, 9.17) is 0 Å². The van der Waals surface area contributed by atoms with E-state index in [0.29, 0.717) is 12.1 Å². The summed E-state index contributed by atoms with van der Waals surface area (Å²) in [6.45, 7) is 4.73. The van der Waals surface area contributed by atoms with Crippen LogP contribution in [0.3, 0.4) is 0 Å². The molecular weight excluding hydrogens is 258 g/mol. The Kier molecular flexibility index (Phi) is 4.16.